The van der Waals surface area contributed by atoms with Crippen LogP contribution in [0.1, 0.15) is 19.3 Å². The van der Waals surface area contributed by atoms with Crippen LogP contribution in [0.4, 0.5) is 8.78 Å². The predicted molar refractivity (Wildman–Crippen MR) is 61.7 cm³/mol. The molecule has 94 valence electrons. The third kappa shape index (κ3) is 3.16. The predicted octanol–water partition coefficient (Wildman–Crippen LogP) is 2.68. The SMILES string of the molecule is C1C[C@@H]2CNC[C@@H]2C1.Oc1ccc(F)c(F)c1. The average Bonchev–Trinajstić information content (AvgIpc) is 2.87. The third-order valence-corrected chi connectivity index (χ3v) is 3.53. The molecule has 2 atom stereocenters. The Labute approximate surface area is 99.7 Å². The highest BCUT2D eigenvalue weighted by atomic mass is 19.2. The van der Waals surface area contributed by atoms with E-state index in [-0.39, 0.29) is 5.75 Å². The van der Waals surface area contributed by atoms with Gasteiger partial charge < -0.3 is 10.4 Å². The van der Waals surface area contributed by atoms with Crippen molar-refractivity contribution in [1.29, 1.82) is 0 Å². The second kappa shape index (κ2) is 5.45. The highest BCUT2D eigenvalue weighted by Gasteiger charge is 2.30. The molecule has 0 spiro atoms. The van der Waals surface area contributed by atoms with Gasteiger partial charge in [-0.2, -0.15) is 0 Å². The zero-order valence-electron chi connectivity index (χ0n) is 9.63. The van der Waals surface area contributed by atoms with Gasteiger partial charge in [-0.15, -0.1) is 0 Å². The van der Waals surface area contributed by atoms with Gasteiger partial charge in [-0.3, -0.25) is 0 Å². The fourth-order valence-electron chi connectivity index (χ4n) is 2.59. The van der Waals surface area contributed by atoms with Crippen molar-refractivity contribution in [3.05, 3.63) is 29.8 Å². The van der Waals surface area contributed by atoms with Gasteiger partial charge in [-0.1, -0.05) is 6.42 Å². The lowest BCUT2D eigenvalue weighted by molar-refractivity contribution is 0.455. The summed E-state index contributed by atoms with van der Waals surface area (Å²) in [5.41, 5.74) is 0. The van der Waals surface area contributed by atoms with Crippen LogP contribution in [0.2, 0.25) is 0 Å². The summed E-state index contributed by atoms with van der Waals surface area (Å²) in [4.78, 5) is 0. The smallest absolute Gasteiger partial charge is 0.162 e. The number of benzene rings is 1. The van der Waals surface area contributed by atoms with Crippen LogP contribution in [0.25, 0.3) is 0 Å². The van der Waals surface area contributed by atoms with E-state index in [4.69, 9.17) is 5.11 Å². The van der Waals surface area contributed by atoms with Crippen molar-refractivity contribution in [2.75, 3.05) is 13.1 Å². The molecule has 0 unspecified atom stereocenters. The summed E-state index contributed by atoms with van der Waals surface area (Å²) < 4.78 is 24.1. The number of hydrogen-bond acceptors (Lipinski definition) is 2. The first-order valence-electron chi connectivity index (χ1n) is 6.01. The van der Waals surface area contributed by atoms with Crippen LogP contribution in [0.15, 0.2) is 18.2 Å². The number of halogens is 2. The highest BCUT2D eigenvalue weighted by molar-refractivity contribution is 5.21. The normalized spacial score (nSPS) is 26.2. The second-order valence-corrected chi connectivity index (χ2v) is 4.71. The van der Waals surface area contributed by atoms with E-state index >= 15 is 0 Å². The molecule has 2 nitrogen and oxygen atoms in total. The lowest BCUT2D eigenvalue weighted by atomic mass is 10.0. The maximum Gasteiger partial charge on any atom is 0.162 e. The Hall–Kier alpha value is -1.16. The number of phenolic OH excluding ortho intramolecular Hbond substituents is 1. The maximum absolute atomic E-state index is 12.0. The van der Waals surface area contributed by atoms with Crippen molar-refractivity contribution < 1.29 is 13.9 Å². The van der Waals surface area contributed by atoms with Crippen LogP contribution in [-0.4, -0.2) is 18.2 Å². The highest BCUT2D eigenvalue weighted by Crippen LogP contribution is 2.33. The minimum absolute atomic E-state index is 0.270. The lowest BCUT2D eigenvalue weighted by Gasteiger charge is -2.02. The topological polar surface area (TPSA) is 32.3 Å². The molecule has 1 heterocycles. The van der Waals surface area contributed by atoms with E-state index in [1.807, 2.05) is 0 Å². The van der Waals surface area contributed by atoms with Crippen molar-refractivity contribution in [1.82, 2.24) is 5.32 Å². The van der Waals surface area contributed by atoms with Gasteiger partial charge in [0.1, 0.15) is 5.75 Å². The van der Waals surface area contributed by atoms with E-state index in [0.29, 0.717) is 0 Å². The Bertz CT molecular complexity index is 364. The number of phenols is 1. The van der Waals surface area contributed by atoms with E-state index in [2.05, 4.69) is 5.32 Å². The summed E-state index contributed by atoms with van der Waals surface area (Å²) in [7, 11) is 0. The monoisotopic (exact) mass is 241 g/mol. The summed E-state index contributed by atoms with van der Waals surface area (Å²) in [6, 6.07) is 2.67. The molecule has 4 heteroatoms. The maximum atomic E-state index is 12.0. The Morgan fingerprint density at radius 3 is 2.24 bits per heavy atom. The number of hydrogen-bond donors (Lipinski definition) is 2. The van der Waals surface area contributed by atoms with E-state index in [0.717, 1.165) is 30.0 Å². The summed E-state index contributed by atoms with van der Waals surface area (Å²) in [6.45, 7) is 2.62. The van der Waals surface area contributed by atoms with Gasteiger partial charge in [-0.25, -0.2) is 8.78 Å². The number of aromatic hydroxyl groups is 1. The van der Waals surface area contributed by atoms with Gasteiger partial charge in [0.15, 0.2) is 11.6 Å². The molecule has 1 aliphatic carbocycles. The molecule has 0 bridgehead atoms. The first-order chi connectivity index (χ1) is 8.16. The average molecular weight is 241 g/mol. The van der Waals surface area contributed by atoms with Gasteiger partial charge in [0.2, 0.25) is 0 Å². The van der Waals surface area contributed by atoms with Gasteiger partial charge in [-0.05, 0) is 49.9 Å². The Balaban J connectivity index is 0.000000127. The zero-order chi connectivity index (χ0) is 12.3. The summed E-state index contributed by atoms with van der Waals surface area (Å²) in [5, 5.41) is 12.0. The van der Waals surface area contributed by atoms with Crippen molar-refractivity contribution in [2.45, 2.75) is 19.3 Å². The summed E-state index contributed by atoms with van der Waals surface area (Å²) in [5.74, 6) is -0.123. The fourth-order valence-corrected chi connectivity index (χ4v) is 2.59. The van der Waals surface area contributed by atoms with Crippen LogP contribution in [0, 0.1) is 23.5 Å². The molecule has 0 aromatic heterocycles. The molecule has 1 saturated carbocycles. The molecule has 1 aliphatic heterocycles. The Morgan fingerprint density at radius 1 is 1.06 bits per heavy atom. The van der Waals surface area contributed by atoms with Crippen LogP contribution in [-0.2, 0) is 0 Å². The quantitative estimate of drug-likeness (QED) is 0.732. The molecule has 1 aromatic carbocycles. The van der Waals surface area contributed by atoms with Gasteiger partial charge in [0, 0.05) is 6.07 Å². The molecule has 0 radical (unpaired) electrons. The molecule has 2 aliphatic rings. The molecule has 0 amide bonds. The molecule has 2 N–H and O–H groups in total. The van der Waals surface area contributed by atoms with Gasteiger partial charge in [0.05, 0.1) is 0 Å². The van der Waals surface area contributed by atoms with Crippen molar-refractivity contribution in [3.8, 4) is 5.75 Å². The number of nitrogens with one attached hydrogen (secondary N) is 1. The summed E-state index contributed by atoms with van der Waals surface area (Å²) in [6.07, 6.45) is 4.49. The van der Waals surface area contributed by atoms with Crippen molar-refractivity contribution in [3.63, 3.8) is 0 Å². The molecule has 1 saturated heterocycles. The first-order valence-corrected chi connectivity index (χ1v) is 6.01. The van der Waals surface area contributed by atoms with Crippen molar-refractivity contribution >= 4 is 0 Å². The molecule has 2 fully saturated rings. The third-order valence-electron chi connectivity index (χ3n) is 3.53. The fraction of sp³-hybridized carbons (Fsp3) is 0.538. The van der Waals surface area contributed by atoms with Crippen molar-refractivity contribution in [2.24, 2.45) is 11.8 Å². The lowest BCUT2D eigenvalue weighted by Crippen LogP contribution is -2.08. The Kier molecular flexibility index (Phi) is 3.94. The standard InChI is InChI=1S/C7H13N.C6H4F2O/c1-2-6-4-8-5-7(6)3-1;7-5-2-1-4(9)3-6(5)8/h6-8H,1-5H2;1-3,9H/t6-,7+;. The van der Waals surface area contributed by atoms with Crippen LogP contribution < -0.4 is 5.32 Å². The molecular weight excluding hydrogens is 224 g/mol. The van der Waals surface area contributed by atoms with Crippen LogP contribution in [0.5, 0.6) is 5.75 Å². The zero-order valence-corrected chi connectivity index (χ0v) is 9.63. The minimum atomic E-state index is -1.03. The number of rotatable bonds is 0. The largest absolute Gasteiger partial charge is 0.508 e. The van der Waals surface area contributed by atoms with E-state index < -0.39 is 11.6 Å². The van der Waals surface area contributed by atoms with Gasteiger partial charge >= 0.3 is 0 Å². The van der Waals surface area contributed by atoms with Crippen LogP contribution >= 0.6 is 0 Å². The molecule has 1 aromatic rings. The molecular formula is C13H17F2NO. The summed E-state index contributed by atoms with van der Waals surface area (Å²) >= 11 is 0. The first kappa shape index (κ1) is 12.3. The molecule has 17 heavy (non-hydrogen) atoms. The minimum Gasteiger partial charge on any atom is -0.508 e. The second-order valence-electron chi connectivity index (χ2n) is 4.71. The van der Waals surface area contributed by atoms with E-state index in [1.54, 1.807) is 0 Å². The molecule has 3 rings (SSSR count). The Morgan fingerprint density at radius 2 is 1.71 bits per heavy atom. The van der Waals surface area contributed by atoms with Crippen LogP contribution in [0.3, 0.4) is 0 Å². The van der Waals surface area contributed by atoms with E-state index in [9.17, 15) is 8.78 Å². The van der Waals surface area contributed by atoms with E-state index in [1.165, 1.54) is 32.4 Å². The van der Waals surface area contributed by atoms with Gasteiger partial charge in [0.25, 0.3) is 0 Å². The number of fused-ring (bicyclic) bond motifs is 1.